The number of nitrogens with one attached hydrogen (secondary N) is 1. The van der Waals surface area contributed by atoms with Gasteiger partial charge in [-0.15, -0.1) is 0 Å². The summed E-state index contributed by atoms with van der Waals surface area (Å²) in [7, 11) is 0. The molecule has 0 aromatic rings. The van der Waals surface area contributed by atoms with E-state index in [1.165, 1.54) is 45.3 Å². The van der Waals surface area contributed by atoms with Crippen molar-refractivity contribution < 1.29 is 0 Å². The van der Waals surface area contributed by atoms with Crippen molar-refractivity contribution in [3.8, 4) is 0 Å². The summed E-state index contributed by atoms with van der Waals surface area (Å²) >= 11 is 0. The van der Waals surface area contributed by atoms with Gasteiger partial charge < -0.3 is 5.32 Å². The average Bonchev–Trinajstić information content (AvgIpc) is 3.00. The molecule has 2 nitrogen and oxygen atoms in total. The molecular weight excluding hydrogens is 184 g/mol. The Morgan fingerprint density at radius 2 is 2.00 bits per heavy atom. The van der Waals surface area contributed by atoms with Crippen LogP contribution in [0.3, 0.4) is 0 Å². The van der Waals surface area contributed by atoms with Crippen molar-refractivity contribution in [1.29, 1.82) is 0 Å². The summed E-state index contributed by atoms with van der Waals surface area (Å²) in [6.45, 7) is 11.7. The van der Waals surface area contributed by atoms with Crippen molar-refractivity contribution >= 4 is 0 Å². The highest BCUT2D eigenvalue weighted by Crippen LogP contribution is 2.26. The highest BCUT2D eigenvalue weighted by atomic mass is 15.2. The maximum atomic E-state index is 3.53. The molecule has 0 radical (unpaired) electrons. The fourth-order valence-electron chi connectivity index (χ4n) is 1.89. The predicted octanol–water partition coefficient (Wildman–Crippen LogP) is 2.50. The van der Waals surface area contributed by atoms with E-state index in [1.807, 2.05) is 0 Å². The number of hydrogen-bond acceptors (Lipinski definition) is 2. The summed E-state index contributed by atoms with van der Waals surface area (Å²) in [5, 5.41) is 3.53. The number of unbranched alkanes of at least 4 members (excludes halogenated alkanes) is 1. The Bertz CT molecular complexity index is 153. The Kier molecular flexibility index (Phi) is 6.26. The van der Waals surface area contributed by atoms with E-state index in [-0.39, 0.29) is 0 Å². The summed E-state index contributed by atoms with van der Waals surface area (Å²) in [4.78, 5) is 2.68. The van der Waals surface area contributed by atoms with Crippen LogP contribution in [0.15, 0.2) is 0 Å². The van der Waals surface area contributed by atoms with Crippen LogP contribution in [-0.4, -0.2) is 37.1 Å². The molecule has 0 spiro atoms. The van der Waals surface area contributed by atoms with Crippen LogP contribution in [0, 0.1) is 5.92 Å². The Morgan fingerprint density at radius 3 is 2.53 bits per heavy atom. The molecule has 1 rings (SSSR count). The molecule has 1 aliphatic rings. The smallest absolute Gasteiger partial charge is 0.0110 e. The van der Waals surface area contributed by atoms with Crippen LogP contribution in [0.1, 0.15) is 46.5 Å². The van der Waals surface area contributed by atoms with Crippen LogP contribution in [0.5, 0.6) is 0 Å². The summed E-state index contributed by atoms with van der Waals surface area (Å²) in [6.07, 6.45) is 5.56. The van der Waals surface area contributed by atoms with Crippen molar-refractivity contribution in [2.75, 3.05) is 26.2 Å². The summed E-state index contributed by atoms with van der Waals surface area (Å²) in [6, 6.07) is 0.928. The molecule has 0 heterocycles. The molecule has 1 aliphatic carbocycles. The third-order valence-corrected chi connectivity index (χ3v) is 2.99. The van der Waals surface area contributed by atoms with Crippen LogP contribution in [0.25, 0.3) is 0 Å². The molecule has 0 aliphatic heterocycles. The number of rotatable bonds is 9. The van der Waals surface area contributed by atoms with Crippen LogP contribution >= 0.6 is 0 Å². The molecule has 0 aromatic carbocycles. The second-order valence-electron chi connectivity index (χ2n) is 5.22. The Morgan fingerprint density at radius 1 is 1.27 bits per heavy atom. The van der Waals surface area contributed by atoms with E-state index in [0.717, 1.165) is 18.5 Å². The van der Waals surface area contributed by atoms with Gasteiger partial charge in [-0.2, -0.15) is 0 Å². The molecule has 1 saturated carbocycles. The van der Waals surface area contributed by atoms with Crippen molar-refractivity contribution in [2.24, 2.45) is 5.92 Å². The van der Waals surface area contributed by atoms with Gasteiger partial charge in [-0.05, 0) is 38.3 Å². The highest BCUT2D eigenvalue weighted by molar-refractivity contribution is 4.84. The average molecular weight is 212 g/mol. The van der Waals surface area contributed by atoms with Crippen LogP contribution in [0.4, 0.5) is 0 Å². The fraction of sp³-hybridized carbons (Fsp3) is 1.00. The minimum Gasteiger partial charge on any atom is -0.315 e. The highest BCUT2D eigenvalue weighted by Gasteiger charge is 2.27. The lowest BCUT2D eigenvalue weighted by Crippen LogP contribution is -2.35. The van der Waals surface area contributed by atoms with E-state index < -0.39 is 0 Å². The first-order valence-corrected chi connectivity index (χ1v) is 6.68. The molecule has 0 saturated heterocycles. The van der Waals surface area contributed by atoms with E-state index in [0.29, 0.717) is 0 Å². The molecule has 0 bridgehead atoms. The largest absolute Gasteiger partial charge is 0.315 e. The molecule has 15 heavy (non-hydrogen) atoms. The summed E-state index contributed by atoms with van der Waals surface area (Å²) < 4.78 is 0. The summed E-state index contributed by atoms with van der Waals surface area (Å²) in [5.74, 6) is 0.773. The third kappa shape index (κ3) is 6.16. The standard InChI is InChI=1S/C13H28N2/c1-4-5-9-15(13-6-7-13)10-8-14-11-12(2)3/h12-14H,4-11H2,1-3H3. The van der Waals surface area contributed by atoms with Gasteiger partial charge in [0.15, 0.2) is 0 Å². The van der Waals surface area contributed by atoms with Crippen molar-refractivity contribution in [1.82, 2.24) is 10.2 Å². The first kappa shape index (κ1) is 13.0. The van der Waals surface area contributed by atoms with E-state index in [4.69, 9.17) is 0 Å². The maximum absolute atomic E-state index is 3.53. The van der Waals surface area contributed by atoms with Gasteiger partial charge in [-0.3, -0.25) is 4.90 Å². The van der Waals surface area contributed by atoms with Gasteiger partial charge in [0.2, 0.25) is 0 Å². The Labute approximate surface area is 95.4 Å². The molecule has 2 heteroatoms. The van der Waals surface area contributed by atoms with Gasteiger partial charge in [-0.1, -0.05) is 27.2 Å². The maximum Gasteiger partial charge on any atom is 0.0110 e. The molecule has 0 unspecified atom stereocenters. The van der Waals surface area contributed by atoms with Gasteiger partial charge in [0.05, 0.1) is 0 Å². The lowest BCUT2D eigenvalue weighted by molar-refractivity contribution is 0.257. The zero-order chi connectivity index (χ0) is 11.1. The van der Waals surface area contributed by atoms with E-state index in [9.17, 15) is 0 Å². The quantitative estimate of drug-likeness (QED) is 0.591. The van der Waals surface area contributed by atoms with Gasteiger partial charge in [-0.25, -0.2) is 0 Å². The first-order chi connectivity index (χ1) is 7.24. The van der Waals surface area contributed by atoms with Crippen molar-refractivity contribution in [3.05, 3.63) is 0 Å². The fourth-order valence-corrected chi connectivity index (χ4v) is 1.89. The topological polar surface area (TPSA) is 15.3 Å². The van der Waals surface area contributed by atoms with Gasteiger partial charge in [0, 0.05) is 19.1 Å². The molecule has 0 amide bonds. The molecule has 0 aromatic heterocycles. The molecule has 1 N–H and O–H groups in total. The second kappa shape index (κ2) is 7.24. The lowest BCUT2D eigenvalue weighted by atomic mass is 10.2. The zero-order valence-electron chi connectivity index (χ0n) is 10.8. The van der Waals surface area contributed by atoms with E-state index in [2.05, 4.69) is 31.0 Å². The number of hydrogen-bond donors (Lipinski definition) is 1. The minimum atomic E-state index is 0.773. The molecule has 90 valence electrons. The Balaban J connectivity index is 2.03. The van der Waals surface area contributed by atoms with Gasteiger partial charge in [0.25, 0.3) is 0 Å². The second-order valence-corrected chi connectivity index (χ2v) is 5.22. The number of nitrogens with zero attached hydrogens (tertiary/aromatic N) is 1. The molecule has 1 fully saturated rings. The molecular formula is C13H28N2. The van der Waals surface area contributed by atoms with Crippen molar-refractivity contribution in [2.45, 2.75) is 52.5 Å². The molecule has 0 atom stereocenters. The van der Waals surface area contributed by atoms with Crippen LogP contribution < -0.4 is 5.32 Å². The zero-order valence-corrected chi connectivity index (χ0v) is 10.8. The van der Waals surface area contributed by atoms with Crippen molar-refractivity contribution in [3.63, 3.8) is 0 Å². The van der Waals surface area contributed by atoms with Crippen LogP contribution in [0.2, 0.25) is 0 Å². The normalized spacial score (nSPS) is 16.6. The first-order valence-electron chi connectivity index (χ1n) is 6.68. The van der Waals surface area contributed by atoms with E-state index >= 15 is 0 Å². The van der Waals surface area contributed by atoms with Crippen LogP contribution in [-0.2, 0) is 0 Å². The van der Waals surface area contributed by atoms with E-state index in [1.54, 1.807) is 0 Å². The monoisotopic (exact) mass is 212 g/mol. The minimum absolute atomic E-state index is 0.773. The third-order valence-electron chi connectivity index (χ3n) is 2.99. The van der Waals surface area contributed by atoms with Gasteiger partial charge >= 0.3 is 0 Å². The predicted molar refractivity (Wildman–Crippen MR) is 67.2 cm³/mol. The van der Waals surface area contributed by atoms with Gasteiger partial charge in [0.1, 0.15) is 0 Å². The lowest BCUT2D eigenvalue weighted by Gasteiger charge is -2.22. The Hall–Kier alpha value is -0.0800. The summed E-state index contributed by atoms with van der Waals surface area (Å²) in [5.41, 5.74) is 0. The SMILES string of the molecule is CCCCN(CCNCC(C)C)C1CC1.